The molecule has 112 valence electrons. The first-order chi connectivity index (χ1) is 8.83. The zero-order valence-corrected chi connectivity index (χ0v) is 13.5. The Balaban J connectivity index is 0.000000454. The van der Waals surface area contributed by atoms with Gasteiger partial charge in [-0.05, 0) is 0 Å². The number of aryl methyl sites for hydroxylation is 2. The van der Waals surface area contributed by atoms with Gasteiger partial charge in [0.05, 0.1) is 0 Å². The van der Waals surface area contributed by atoms with Gasteiger partial charge >= 0.3 is 0 Å². The van der Waals surface area contributed by atoms with Gasteiger partial charge in [-0.15, -0.1) is 0 Å². The van der Waals surface area contributed by atoms with Crippen molar-refractivity contribution in [2.24, 2.45) is 0 Å². The van der Waals surface area contributed by atoms with Crippen molar-refractivity contribution in [3.05, 3.63) is 59.2 Å². The first-order valence-electron chi connectivity index (χ1n) is 7.26. The molecule has 0 aromatic heterocycles. The van der Waals surface area contributed by atoms with E-state index >= 15 is 0 Å². The topological polar surface area (TPSA) is 0 Å². The Bertz CT molecular complexity index is 378. The molecule has 0 heterocycles. The van der Waals surface area contributed by atoms with E-state index in [1.165, 1.54) is 32.1 Å². The molecule has 0 aliphatic rings. The predicted molar refractivity (Wildman–Crippen MR) is 81.4 cm³/mol. The maximum Gasteiger partial charge on any atom is 0 e. The van der Waals surface area contributed by atoms with Gasteiger partial charge in [0.2, 0.25) is 0 Å². The zero-order valence-electron chi connectivity index (χ0n) is 12.4. The average molecular weight is 298 g/mol. The van der Waals surface area contributed by atoms with Gasteiger partial charge in [0, 0.05) is 17.1 Å². The molecule has 0 N–H and O–H groups in total. The summed E-state index contributed by atoms with van der Waals surface area (Å²) >= 11 is 0. The summed E-state index contributed by atoms with van der Waals surface area (Å²) in [6.45, 7) is 6.78. The van der Waals surface area contributed by atoms with Crippen molar-refractivity contribution < 1.29 is 17.1 Å². The number of hydrogen-bond donors (Lipinski definition) is 0. The Labute approximate surface area is 129 Å². The number of hydrogen-bond acceptors (Lipinski definition) is 0. The van der Waals surface area contributed by atoms with Crippen LogP contribution in [0.1, 0.15) is 50.3 Å². The van der Waals surface area contributed by atoms with Crippen molar-refractivity contribution in [1.82, 2.24) is 0 Å². The molecule has 0 unspecified atom stereocenters. The van der Waals surface area contributed by atoms with Gasteiger partial charge in [-0.1, -0.05) is 52.9 Å². The van der Waals surface area contributed by atoms with E-state index in [9.17, 15) is 0 Å². The standard InChI is InChI=1S/C13H21.C5H5.Fe/c1-4-7-8-12-10-9-11(5-2)13(12)6-3;1-2-4-5-3-1;/h9-10H,4-8H2,1-3H3;1-5H;/q-1;-5;. The van der Waals surface area contributed by atoms with Gasteiger partial charge in [0.1, 0.15) is 0 Å². The molecule has 0 aliphatic heterocycles. The van der Waals surface area contributed by atoms with Crippen LogP contribution in [-0.4, -0.2) is 0 Å². The molecular formula is C18H26Fe-6. The molecule has 0 saturated heterocycles. The molecule has 0 bridgehead atoms. The first kappa shape index (κ1) is 18.2. The molecule has 0 nitrogen and oxygen atoms in total. The zero-order chi connectivity index (χ0) is 13.2. The van der Waals surface area contributed by atoms with Crippen LogP contribution in [-0.2, 0) is 36.3 Å². The summed E-state index contributed by atoms with van der Waals surface area (Å²) in [5, 5.41) is 0. The minimum Gasteiger partial charge on any atom is -0.748 e. The van der Waals surface area contributed by atoms with Crippen LogP contribution in [0.3, 0.4) is 0 Å². The van der Waals surface area contributed by atoms with Crippen LogP contribution in [0.5, 0.6) is 0 Å². The van der Waals surface area contributed by atoms with Crippen LogP contribution >= 0.6 is 0 Å². The number of rotatable bonds is 5. The average Bonchev–Trinajstić information content (AvgIpc) is 3.08. The van der Waals surface area contributed by atoms with E-state index < -0.39 is 0 Å². The van der Waals surface area contributed by atoms with E-state index in [2.05, 4.69) is 32.9 Å². The van der Waals surface area contributed by atoms with Gasteiger partial charge < -0.3 is 30.3 Å². The molecule has 2 aromatic rings. The molecule has 0 spiro atoms. The predicted octanol–water partition coefficient (Wildman–Crippen LogP) is 5.28. The summed E-state index contributed by atoms with van der Waals surface area (Å²) in [5.74, 6) is 0. The van der Waals surface area contributed by atoms with Crippen molar-refractivity contribution in [1.29, 1.82) is 0 Å². The first-order valence-corrected chi connectivity index (χ1v) is 7.26. The molecular weight excluding hydrogens is 272 g/mol. The summed E-state index contributed by atoms with van der Waals surface area (Å²) in [5.41, 5.74) is 4.78. The smallest absolute Gasteiger partial charge is 0 e. The minimum absolute atomic E-state index is 0. The molecule has 0 radical (unpaired) electrons. The quantitative estimate of drug-likeness (QED) is 0.520. The summed E-state index contributed by atoms with van der Waals surface area (Å²) in [7, 11) is 0. The van der Waals surface area contributed by atoms with Crippen LogP contribution in [0.2, 0.25) is 0 Å². The van der Waals surface area contributed by atoms with Crippen molar-refractivity contribution in [3.63, 3.8) is 0 Å². The van der Waals surface area contributed by atoms with Gasteiger partial charge in [-0.25, -0.2) is 6.07 Å². The Hall–Kier alpha value is -0.781. The van der Waals surface area contributed by atoms with E-state index in [-0.39, 0.29) is 17.1 Å². The Morgan fingerprint density at radius 2 is 1.53 bits per heavy atom. The fourth-order valence-corrected chi connectivity index (χ4v) is 2.32. The second-order valence-corrected chi connectivity index (χ2v) is 4.64. The van der Waals surface area contributed by atoms with Crippen LogP contribution < -0.4 is 0 Å². The van der Waals surface area contributed by atoms with E-state index in [4.69, 9.17) is 0 Å². The monoisotopic (exact) mass is 298 g/mol. The van der Waals surface area contributed by atoms with Gasteiger partial charge in [0.15, 0.2) is 0 Å². The molecule has 0 saturated carbocycles. The molecule has 0 fully saturated rings. The van der Waals surface area contributed by atoms with Crippen LogP contribution in [0, 0.1) is 0 Å². The maximum atomic E-state index is 2.33. The van der Waals surface area contributed by atoms with E-state index in [0.717, 1.165) is 0 Å². The SMILES string of the molecule is CCCC[c-]1ccc(CC)c1CC.[Fe].[cH-]1[cH-][cH-][cH-][cH-]1. The molecule has 0 amide bonds. The van der Waals surface area contributed by atoms with E-state index in [0.29, 0.717) is 0 Å². The summed E-state index contributed by atoms with van der Waals surface area (Å²) in [6, 6.07) is 14.6. The normalized spacial score (nSPS) is 9.42. The van der Waals surface area contributed by atoms with Crippen molar-refractivity contribution in [2.75, 3.05) is 0 Å². The van der Waals surface area contributed by atoms with Crippen molar-refractivity contribution in [2.45, 2.75) is 52.9 Å². The van der Waals surface area contributed by atoms with E-state index in [1.807, 2.05) is 30.3 Å². The van der Waals surface area contributed by atoms with Crippen molar-refractivity contribution >= 4 is 0 Å². The fraction of sp³-hybridized carbons (Fsp3) is 0.444. The van der Waals surface area contributed by atoms with Gasteiger partial charge in [-0.2, -0.15) is 22.8 Å². The largest absolute Gasteiger partial charge is 0.748 e. The second-order valence-electron chi connectivity index (χ2n) is 4.64. The Morgan fingerprint density at radius 1 is 0.947 bits per heavy atom. The third-order valence-electron chi connectivity index (χ3n) is 3.35. The molecule has 2 aromatic carbocycles. The van der Waals surface area contributed by atoms with Crippen LogP contribution in [0.25, 0.3) is 0 Å². The third kappa shape index (κ3) is 6.27. The van der Waals surface area contributed by atoms with Crippen LogP contribution in [0.4, 0.5) is 0 Å². The Morgan fingerprint density at radius 3 is 1.95 bits per heavy atom. The van der Waals surface area contributed by atoms with Crippen molar-refractivity contribution in [3.8, 4) is 0 Å². The minimum atomic E-state index is 0. The second kappa shape index (κ2) is 11.1. The Kier molecular flexibility index (Phi) is 10.6. The molecule has 2 rings (SSSR count). The molecule has 0 aliphatic carbocycles. The van der Waals surface area contributed by atoms with Gasteiger partial charge in [0.25, 0.3) is 0 Å². The summed E-state index contributed by atoms with van der Waals surface area (Å²) in [6.07, 6.45) is 6.31. The summed E-state index contributed by atoms with van der Waals surface area (Å²) < 4.78 is 0. The molecule has 1 heteroatoms. The van der Waals surface area contributed by atoms with E-state index in [1.54, 1.807) is 16.7 Å². The maximum absolute atomic E-state index is 2.33. The van der Waals surface area contributed by atoms with Gasteiger partial charge in [-0.3, -0.25) is 0 Å². The molecule has 19 heavy (non-hydrogen) atoms. The van der Waals surface area contributed by atoms with Crippen LogP contribution in [0.15, 0.2) is 42.5 Å². The molecule has 0 atom stereocenters. The summed E-state index contributed by atoms with van der Waals surface area (Å²) in [4.78, 5) is 0. The fourth-order valence-electron chi connectivity index (χ4n) is 2.32. The number of unbranched alkanes of at least 4 members (excludes halogenated alkanes) is 1. The third-order valence-corrected chi connectivity index (χ3v) is 3.35.